The fourth-order valence-electron chi connectivity index (χ4n) is 4.13. The van der Waals surface area contributed by atoms with Crippen LogP contribution in [0.25, 0.3) is 16.7 Å². The van der Waals surface area contributed by atoms with Gasteiger partial charge >= 0.3 is 0 Å². The van der Waals surface area contributed by atoms with Crippen LogP contribution in [-0.4, -0.2) is 42.8 Å². The summed E-state index contributed by atoms with van der Waals surface area (Å²) in [5.74, 6) is 0.880. The summed E-state index contributed by atoms with van der Waals surface area (Å²) in [5, 5.41) is 21.7. The molecule has 1 fully saturated rings. The zero-order chi connectivity index (χ0) is 20.7. The van der Waals surface area contributed by atoms with Gasteiger partial charge in [0.1, 0.15) is 11.4 Å². The number of phenolic OH excluding ortho intramolecular Hbond substituents is 1. The van der Waals surface area contributed by atoms with Gasteiger partial charge in [-0.3, -0.25) is 9.55 Å². The van der Waals surface area contributed by atoms with Crippen molar-refractivity contribution in [3.63, 3.8) is 0 Å². The quantitative estimate of drug-likeness (QED) is 0.548. The fraction of sp³-hybridized carbons (Fsp3) is 0.261. The highest BCUT2D eigenvalue weighted by Gasteiger charge is 2.35. The molecule has 0 aliphatic carbocycles. The number of pyridine rings is 1. The number of aromatic hydroxyl groups is 1. The Labute approximate surface area is 174 Å². The van der Waals surface area contributed by atoms with E-state index in [1.165, 1.54) is 0 Å². The Kier molecular flexibility index (Phi) is 4.40. The van der Waals surface area contributed by atoms with Crippen LogP contribution in [0.2, 0.25) is 0 Å². The van der Waals surface area contributed by atoms with Gasteiger partial charge < -0.3 is 15.1 Å². The van der Waals surface area contributed by atoms with Gasteiger partial charge in [0, 0.05) is 30.9 Å². The Morgan fingerprint density at radius 3 is 2.47 bits per heavy atom. The highest BCUT2D eigenvalue weighted by Crippen LogP contribution is 2.35. The molecule has 4 heterocycles. The number of piperidine rings is 1. The summed E-state index contributed by atoms with van der Waals surface area (Å²) in [4.78, 5) is 15.9. The predicted octanol–water partition coefficient (Wildman–Crippen LogP) is 3.32. The second kappa shape index (κ2) is 7.11. The summed E-state index contributed by atoms with van der Waals surface area (Å²) in [6.45, 7) is 3.30. The number of hydrogen-bond donors (Lipinski definition) is 2. The third kappa shape index (κ3) is 3.17. The van der Waals surface area contributed by atoms with Crippen molar-refractivity contribution in [2.75, 3.05) is 18.0 Å². The molecule has 0 atom stereocenters. The molecule has 5 rings (SSSR count). The number of aromatic nitrogens is 4. The molecule has 30 heavy (non-hydrogen) atoms. The molecule has 152 valence electrons. The van der Waals surface area contributed by atoms with Crippen LogP contribution in [0.4, 0.5) is 5.95 Å². The number of benzene rings is 1. The van der Waals surface area contributed by atoms with Crippen LogP contribution >= 0.6 is 0 Å². The Morgan fingerprint density at radius 1 is 1.00 bits per heavy atom. The molecule has 0 spiro atoms. The highest BCUT2D eigenvalue weighted by molar-refractivity contribution is 5.81. The Morgan fingerprint density at radius 2 is 1.77 bits per heavy atom. The van der Waals surface area contributed by atoms with Crippen LogP contribution in [0, 0.1) is 6.92 Å². The third-order valence-corrected chi connectivity index (χ3v) is 5.92. The SMILES string of the molecule is Cc1nc(N2CCC(O)(c3ccc(O)cc3)CC2)nc2c1ccn2-c1cccnc1. The van der Waals surface area contributed by atoms with Crippen LogP contribution in [0.3, 0.4) is 0 Å². The minimum atomic E-state index is -0.904. The van der Waals surface area contributed by atoms with Gasteiger partial charge in [0.05, 0.1) is 23.2 Å². The zero-order valence-electron chi connectivity index (χ0n) is 16.7. The van der Waals surface area contributed by atoms with E-state index in [0.29, 0.717) is 31.9 Å². The maximum Gasteiger partial charge on any atom is 0.227 e. The molecule has 1 saturated heterocycles. The minimum absolute atomic E-state index is 0.202. The summed E-state index contributed by atoms with van der Waals surface area (Å²) >= 11 is 0. The van der Waals surface area contributed by atoms with Crippen molar-refractivity contribution in [1.82, 2.24) is 19.5 Å². The number of aliphatic hydroxyl groups is 1. The second-order valence-electron chi connectivity index (χ2n) is 7.81. The van der Waals surface area contributed by atoms with Crippen molar-refractivity contribution in [3.05, 3.63) is 72.3 Å². The first-order chi connectivity index (χ1) is 14.5. The van der Waals surface area contributed by atoms with Gasteiger partial charge in [-0.05, 0) is 55.7 Å². The topological polar surface area (TPSA) is 87.3 Å². The maximum atomic E-state index is 11.1. The van der Waals surface area contributed by atoms with Gasteiger partial charge in [-0.1, -0.05) is 12.1 Å². The standard InChI is InChI=1S/C23H23N5O2/c1-16-20-8-12-28(18-3-2-11-24-15-18)21(20)26-22(25-16)27-13-9-23(30,10-14-27)17-4-6-19(29)7-5-17/h2-8,11-12,15,29-30H,9-10,13-14H2,1H3. The lowest BCUT2D eigenvalue weighted by atomic mass is 9.84. The minimum Gasteiger partial charge on any atom is -0.508 e. The lowest BCUT2D eigenvalue weighted by Gasteiger charge is -2.38. The number of rotatable bonds is 3. The molecule has 7 heteroatoms. The molecule has 4 aromatic rings. The molecule has 0 radical (unpaired) electrons. The second-order valence-corrected chi connectivity index (χ2v) is 7.81. The van der Waals surface area contributed by atoms with Crippen molar-refractivity contribution in [2.24, 2.45) is 0 Å². The van der Waals surface area contributed by atoms with E-state index in [9.17, 15) is 10.2 Å². The number of nitrogens with zero attached hydrogens (tertiary/aromatic N) is 5. The molecular formula is C23H23N5O2. The van der Waals surface area contributed by atoms with E-state index in [1.54, 1.807) is 30.5 Å². The smallest absolute Gasteiger partial charge is 0.227 e. The Balaban J connectivity index is 1.44. The Hall–Kier alpha value is -3.45. The van der Waals surface area contributed by atoms with Crippen molar-refractivity contribution < 1.29 is 10.2 Å². The van der Waals surface area contributed by atoms with Crippen LogP contribution < -0.4 is 4.90 Å². The van der Waals surface area contributed by atoms with Crippen molar-refractivity contribution in [2.45, 2.75) is 25.4 Å². The lowest BCUT2D eigenvalue weighted by molar-refractivity contribution is 0.0115. The summed E-state index contributed by atoms with van der Waals surface area (Å²) in [6.07, 6.45) is 6.70. The first kappa shape index (κ1) is 18.6. The van der Waals surface area contributed by atoms with Gasteiger partial charge in [-0.15, -0.1) is 0 Å². The monoisotopic (exact) mass is 401 g/mol. The maximum absolute atomic E-state index is 11.1. The van der Waals surface area contributed by atoms with Crippen LogP contribution in [0.5, 0.6) is 5.75 Å². The third-order valence-electron chi connectivity index (χ3n) is 5.92. The molecule has 0 bridgehead atoms. The van der Waals surface area contributed by atoms with Crippen LogP contribution in [0.1, 0.15) is 24.1 Å². The number of anilines is 1. The molecule has 7 nitrogen and oxygen atoms in total. The van der Waals surface area contributed by atoms with Crippen molar-refractivity contribution in [1.29, 1.82) is 0 Å². The van der Waals surface area contributed by atoms with Crippen LogP contribution in [-0.2, 0) is 5.60 Å². The van der Waals surface area contributed by atoms with Gasteiger partial charge in [0.25, 0.3) is 0 Å². The van der Waals surface area contributed by atoms with Crippen molar-refractivity contribution in [3.8, 4) is 11.4 Å². The first-order valence-corrected chi connectivity index (χ1v) is 10.1. The molecule has 1 aliphatic heterocycles. The lowest BCUT2D eigenvalue weighted by Crippen LogP contribution is -2.43. The first-order valence-electron chi connectivity index (χ1n) is 10.1. The van der Waals surface area contributed by atoms with Gasteiger partial charge in [0.15, 0.2) is 0 Å². The highest BCUT2D eigenvalue weighted by atomic mass is 16.3. The van der Waals surface area contributed by atoms with Gasteiger partial charge in [-0.2, -0.15) is 4.98 Å². The number of hydrogen-bond acceptors (Lipinski definition) is 6. The molecule has 0 saturated carbocycles. The van der Waals surface area contributed by atoms with E-state index >= 15 is 0 Å². The van der Waals surface area contributed by atoms with Gasteiger partial charge in [-0.25, -0.2) is 4.98 Å². The van der Waals surface area contributed by atoms with E-state index in [2.05, 4.69) is 9.88 Å². The number of aryl methyl sites for hydroxylation is 1. The molecule has 0 amide bonds. The van der Waals surface area contributed by atoms with Crippen molar-refractivity contribution >= 4 is 17.0 Å². The van der Waals surface area contributed by atoms with E-state index in [0.717, 1.165) is 28.0 Å². The fourth-order valence-corrected chi connectivity index (χ4v) is 4.13. The molecule has 0 unspecified atom stereocenters. The predicted molar refractivity (Wildman–Crippen MR) is 115 cm³/mol. The molecule has 2 N–H and O–H groups in total. The largest absolute Gasteiger partial charge is 0.508 e. The van der Waals surface area contributed by atoms with E-state index < -0.39 is 5.60 Å². The summed E-state index contributed by atoms with van der Waals surface area (Å²) in [5.41, 5.74) is 2.66. The Bertz CT molecular complexity index is 1180. The average Bonchev–Trinajstić information content (AvgIpc) is 3.20. The zero-order valence-corrected chi connectivity index (χ0v) is 16.7. The van der Waals surface area contributed by atoms with E-state index in [1.807, 2.05) is 42.1 Å². The van der Waals surface area contributed by atoms with Crippen LogP contribution in [0.15, 0.2) is 61.1 Å². The summed E-state index contributed by atoms with van der Waals surface area (Å²) < 4.78 is 2.03. The normalized spacial score (nSPS) is 16.1. The summed E-state index contributed by atoms with van der Waals surface area (Å²) in [7, 11) is 0. The van der Waals surface area contributed by atoms with Gasteiger partial charge in [0.2, 0.25) is 5.95 Å². The molecule has 3 aromatic heterocycles. The number of fused-ring (bicyclic) bond motifs is 1. The van der Waals surface area contributed by atoms with E-state index in [4.69, 9.17) is 9.97 Å². The number of phenols is 1. The molecular weight excluding hydrogens is 378 g/mol. The summed E-state index contributed by atoms with van der Waals surface area (Å²) in [6, 6.07) is 12.8. The van der Waals surface area contributed by atoms with E-state index in [-0.39, 0.29) is 5.75 Å². The average molecular weight is 401 g/mol. The molecule has 1 aliphatic rings. The molecule has 1 aromatic carbocycles.